The summed E-state index contributed by atoms with van der Waals surface area (Å²) >= 11 is 0. The average molecular weight is 362 g/mol. The highest BCUT2D eigenvalue weighted by atomic mass is 19.4. The van der Waals surface area contributed by atoms with Gasteiger partial charge in [-0.2, -0.15) is 13.2 Å². The number of aromatic nitrogens is 2. The fourth-order valence-corrected chi connectivity index (χ4v) is 1.79. The lowest BCUT2D eigenvalue weighted by molar-refractivity contribution is -0.274. The van der Waals surface area contributed by atoms with Gasteiger partial charge < -0.3 is 4.74 Å². The summed E-state index contributed by atoms with van der Waals surface area (Å²) in [4.78, 5) is 17.7. The highest BCUT2D eigenvalue weighted by Gasteiger charge is 2.32. The standard InChI is InChI=1S/C15H8F6N2O2/c16-14(17,18)12-3-4-22-13(23-12)2-1-9-5-10(8-24)7-11(6-9)25-15(19,20)21/h1-8H/b2-1+. The summed E-state index contributed by atoms with van der Waals surface area (Å²) in [5.41, 5.74) is -1.18. The van der Waals surface area contributed by atoms with Crippen molar-refractivity contribution in [3.8, 4) is 5.75 Å². The summed E-state index contributed by atoms with van der Waals surface area (Å²) in [5.74, 6) is -0.939. The minimum absolute atomic E-state index is 0.0878. The number of nitrogens with zero attached hydrogens (tertiary/aromatic N) is 2. The van der Waals surface area contributed by atoms with Gasteiger partial charge in [0.2, 0.25) is 0 Å². The van der Waals surface area contributed by atoms with Crippen LogP contribution in [0.5, 0.6) is 5.75 Å². The van der Waals surface area contributed by atoms with E-state index in [1.54, 1.807) is 0 Å². The lowest BCUT2D eigenvalue weighted by Gasteiger charge is -2.10. The van der Waals surface area contributed by atoms with Gasteiger partial charge in [0, 0.05) is 11.8 Å². The van der Waals surface area contributed by atoms with Gasteiger partial charge in [0.1, 0.15) is 17.7 Å². The zero-order chi connectivity index (χ0) is 18.7. The second-order valence-electron chi connectivity index (χ2n) is 4.63. The molecule has 0 bridgehead atoms. The maximum absolute atomic E-state index is 12.6. The molecule has 25 heavy (non-hydrogen) atoms. The SMILES string of the molecule is O=Cc1cc(/C=C/c2nccc(C(F)(F)F)n2)cc(OC(F)(F)F)c1. The second kappa shape index (κ2) is 6.91. The zero-order valence-electron chi connectivity index (χ0n) is 12.1. The Morgan fingerprint density at radius 2 is 1.64 bits per heavy atom. The minimum atomic E-state index is -4.95. The predicted octanol–water partition coefficient (Wildman–Crippen LogP) is 4.38. The molecule has 0 saturated heterocycles. The van der Waals surface area contributed by atoms with Crippen LogP contribution < -0.4 is 4.74 Å². The monoisotopic (exact) mass is 362 g/mol. The summed E-state index contributed by atoms with van der Waals surface area (Å²) in [5, 5.41) is 0. The number of carbonyl (C=O) groups excluding carboxylic acids is 1. The number of benzene rings is 1. The van der Waals surface area contributed by atoms with Crippen LogP contribution in [0.2, 0.25) is 0 Å². The summed E-state index contributed by atoms with van der Waals surface area (Å²) in [6.07, 6.45) is -6.18. The molecule has 0 aliphatic carbocycles. The van der Waals surface area contributed by atoms with Crippen LogP contribution in [0.4, 0.5) is 26.3 Å². The van der Waals surface area contributed by atoms with Crippen LogP contribution in [-0.4, -0.2) is 22.6 Å². The van der Waals surface area contributed by atoms with Gasteiger partial charge in [0.05, 0.1) is 0 Å². The Hall–Kier alpha value is -2.91. The van der Waals surface area contributed by atoms with E-state index >= 15 is 0 Å². The molecule has 0 aliphatic heterocycles. The van der Waals surface area contributed by atoms with E-state index in [1.807, 2.05) is 0 Å². The van der Waals surface area contributed by atoms with Crippen molar-refractivity contribution < 1.29 is 35.9 Å². The van der Waals surface area contributed by atoms with E-state index in [2.05, 4.69) is 14.7 Å². The van der Waals surface area contributed by atoms with Crippen LogP contribution in [0, 0.1) is 0 Å². The first-order valence-corrected chi connectivity index (χ1v) is 6.51. The van der Waals surface area contributed by atoms with Crippen LogP contribution in [0.25, 0.3) is 12.2 Å². The van der Waals surface area contributed by atoms with Crippen molar-refractivity contribution >= 4 is 18.4 Å². The first-order valence-electron chi connectivity index (χ1n) is 6.51. The van der Waals surface area contributed by atoms with Crippen molar-refractivity contribution in [2.24, 2.45) is 0 Å². The molecule has 2 rings (SSSR count). The van der Waals surface area contributed by atoms with Gasteiger partial charge in [0.15, 0.2) is 5.82 Å². The summed E-state index contributed by atoms with van der Waals surface area (Å²) in [7, 11) is 0. The fraction of sp³-hybridized carbons (Fsp3) is 0.133. The molecular formula is C15H8F6N2O2. The van der Waals surface area contributed by atoms with E-state index < -0.39 is 24.0 Å². The first kappa shape index (κ1) is 18.4. The largest absolute Gasteiger partial charge is 0.573 e. The van der Waals surface area contributed by atoms with Crippen molar-refractivity contribution in [3.63, 3.8) is 0 Å². The van der Waals surface area contributed by atoms with Gasteiger partial charge in [-0.15, -0.1) is 13.2 Å². The Balaban J connectivity index is 2.31. The van der Waals surface area contributed by atoms with Crippen molar-refractivity contribution in [2.45, 2.75) is 12.5 Å². The van der Waals surface area contributed by atoms with Crippen molar-refractivity contribution in [2.75, 3.05) is 0 Å². The maximum atomic E-state index is 12.6. The number of carbonyl (C=O) groups is 1. The number of aldehydes is 1. The molecule has 10 heteroatoms. The Kier molecular flexibility index (Phi) is 5.10. The Bertz CT molecular complexity index is 799. The van der Waals surface area contributed by atoms with E-state index in [1.165, 1.54) is 6.07 Å². The third kappa shape index (κ3) is 5.59. The van der Waals surface area contributed by atoms with Crippen LogP contribution in [-0.2, 0) is 6.18 Å². The Labute approximate surface area is 136 Å². The molecule has 0 fully saturated rings. The van der Waals surface area contributed by atoms with E-state index in [0.717, 1.165) is 30.5 Å². The number of alkyl halides is 6. The number of rotatable bonds is 4. The van der Waals surface area contributed by atoms with E-state index in [9.17, 15) is 31.1 Å². The van der Waals surface area contributed by atoms with Crippen LogP contribution in [0.15, 0.2) is 30.5 Å². The first-order chi connectivity index (χ1) is 11.6. The topological polar surface area (TPSA) is 52.1 Å². The normalized spacial score (nSPS) is 12.4. The molecule has 1 aromatic heterocycles. The fourth-order valence-electron chi connectivity index (χ4n) is 1.79. The molecule has 0 N–H and O–H groups in total. The molecule has 1 aromatic carbocycles. The van der Waals surface area contributed by atoms with Crippen molar-refractivity contribution in [1.82, 2.24) is 9.97 Å². The minimum Gasteiger partial charge on any atom is -0.406 e. The van der Waals surface area contributed by atoms with E-state index in [-0.39, 0.29) is 17.0 Å². The van der Waals surface area contributed by atoms with Crippen LogP contribution >= 0.6 is 0 Å². The molecule has 1 heterocycles. The third-order valence-corrected chi connectivity index (χ3v) is 2.71. The highest BCUT2D eigenvalue weighted by Crippen LogP contribution is 2.28. The summed E-state index contributed by atoms with van der Waals surface area (Å²) in [6.45, 7) is 0. The number of hydrogen-bond acceptors (Lipinski definition) is 4. The van der Waals surface area contributed by atoms with Crippen molar-refractivity contribution in [3.05, 3.63) is 53.1 Å². The lowest BCUT2D eigenvalue weighted by Crippen LogP contribution is -2.17. The smallest absolute Gasteiger partial charge is 0.406 e. The average Bonchev–Trinajstić information content (AvgIpc) is 2.50. The Morgan fingerprint density at radius 3 is 2.24 bits per heavy atom. The molecule has 2 aromatic rings. The van der Waals surface area contributed by atoms with Gasteiger partial charge in [-0.05, 0) is 35.9 Å². The van der Waals surface area contributed by atoms with Gasteiger partial charge >= 0.3 is 12.5 Å². The molecule has 4 nitrogen and oxygen atoms in total. The number of halogens is 6. The third-order valence-electron chi connectivity index (χ3n) is 2.71. The van der Waals surface area contributed by atoms with E-state index in [4.69, 9.17) is 0 Å². The summed E-state index contributed by atoms with van der Waals surface area (Å²) < 4.78 is 78.2. The summed E-state index contributed by atoms with van der Waals surface area (Å²) in [6, 6.07) is 3.74. The predicted molar refractivity (Wildman–Crippen MR) is 74.5 cm³/mol. The molecule has 0 unspecified atom stereocenters. The van der Waals surface area contributed by atoms with Gasteiger partial charge in [0.25, 0.3) is 0 Å². The van der Waals surface area contributed by atoms with Gasteiger partial charge in [-0.25, -0.2) is 9.97 Å². The molecular weight excluding hydrogens is 354 g/mol. The molecule has 0 saturated carbocycles. The Morgan fingerprint density at radius 1 is 0.960 bits per heavy atom. The molecule has 0 amide bonds. The van der Waals surface area contributed by atoms with Gasteiger partial charge in [-0.3, -0.25) is 4.79 Å². The molecule has 0 spiro atoms. The van der Waals surface area contributed by atoms with Crippen LogP contribution in [0.3, 0.4) is 0 Å². The number of ether oxygens (including phenoxy) is 1. The molecule has 0 radical (unpaired) electrons. The molecule has 0 aliphatic rings. The van der Waals surface area contributed by atoms with E-state index in [0.29, 0.717) is 12.4 Å². The molecule has 0 atom stereocenters. The quantitative estimate of drug-likeness (QED) is 0.598. The van der Waals surface area contributed by atoms with Crippen LogP contribution in [0.1, 0.15) is 27.4 Å². The lowest BCUT2D eigenvalue weighted by atomic mass is 10.1. The van der Waals surface area contributed by atoms with Crippen molar-refractivity contribution in [1.29, 1.82) is 0 Å². The highest BCUT2D eigenvalue weighted by molar-refractivity contribution is 5.79. The van der Waals surface area contributed by atoms with Gasteiger partial charge in [-0.1, -0.05) is 6.08 Å². The second-order valence-corrected chi connectivity index (χ2v) is 4.63. The zero-order valence-corrected chi connectivity index (χ0v) is 12.1. The maximum Gasteiger partial charge on any atom is 0.573 e. The molecule has 132 valence electrons. The number of hydrogen-bond donors (Lipinski definition) is 0.